The first-order chi connectivity index (χ1) is 18.8. The first-order valence-electron chi connectivity index (χ1n) is 12.9. The monoisotopic (exact) mass is 542 g/mol. The van der Waals surface area contributed by atoms with Gasteiger partial charge in [-0.3, -0.25) is 9.10 Å². The van der Waals surface area contributed by atoms with Gasteiger partial charge in [0.25, 0.3) is 15.9 Å². The zero-order valence-corrected chi connectivity index (χ0v) is 23.3. The van der Waals surface area contributed by atoms with Gasteiger partial charge in [0.2, 0.25) is 0 Å². The van der Waals surface area contributed by atoms with Gasteiger partial charge in [-0.15, -0.1) is 0 Å². The van der Waals surface area contributed by atoms with Gasteiger partial charge >= 0.3 is 0 Å². The normalized spacial score (nSPS) is 12.1. The second kappa shape index (κ2) is 12.6. The number of hydrogen-bond acceptors (Lipinski definition) is 4. The van der Waals surface area contributed by atoms with Crippen molar-refractivity contribution in [1.82, 2.24) is 5.32 Å². The number of nitrogens with zero attached hydrogens (tertiary/aromatic N) is 1. The van der Waals surface area contributed by atoms with Crippen LogP contribution in [0.2, 0.25) is 0 Å². The molecule has 1 atom stereocenters. The topological polar surface area (TPSA) is 75.7 Å². The molecule has 4 aromatic carbocycles. The highest BCUT2D eigenvalue weighted by Crippen LogP contribution is 2.27. The van der Waals surface area contributed by atoms with Crippen molar-refractivity contribution in [1.29, 1.82) is 0 Å². The fourth-order valence-electron chi connectivity index (χ4n) is 4.38. The van der Waals surface area contributed by atoms with Gasteiger partial charge in [-0.05, 0) is 72.0 Å². The summed E-state index contributed by atoms with van der Waals surface area (Å²) in [6, 6.07) is 32.1. The number of sulfonamides is 1. The number of carbonyl (C=O) groups excluding carboxylic acids is 1. The van der Waals surface area contributed by atoms with Crippen LogP contribution in [0.15, 0.2) is 114 Å². The van der Waals surface area contributed by atoms with Crippen LogP contribution in [0.1, 0.15) is 47.8 Å². The number of rotatable bonds is 11. The van der Waals surface area contributed by atoms with Gasteiger partial charge in [-0.25, -0.2) is 8.42 Å². The summed E-state index contributed by atoms with van der Waals surface area (Å²) in [5.74, 6) is 0.970. The Hall–Kier alpha value is -4.10. The zero-order chi connectivity index (χ0) is 27.8. The van der Waals surface area contributed by atoms with Crippen LogP contribution >= 0.6 is 0 Å². The van der Waals surface area contributed by atoms with E-state index in [0.717, 1.165) is 23.3 Å². The molecule has 202 valence electrons. The van der Waals surface area contributed by atoms with E-state index in [1.165, 1.54) is 4.31 Å². The Morgan fingerprint density at radius 3 is 1.97 bits per heavy atom. The fourth-order valence-corrected chi connectivity index (χ4v) is 5.86. The number of para-hydroxylation sites is 1. The summed E-state index contributed by atoms with van der Waals surface area (Å²) in [5, 5.41) is 3.16. The molecule has 0 unspecified atom stereocenters. The van der Waals surface area contributed by atoms with Gasteiger partial charge in [-0.2, -0.15) is 0 Å². The average molecular weight is 543 g/mol. The highest BCUT2D eigenvalue weighted by Gasteiger charge is 2.25. The first-order valence-corrected chi connectivity index (χ1v) is 14.4. The summed E-state index contributed by atoms with van der Waals surface area (Å²) in [6.45, 7) is 4.38. The molecule has 0 heterocycles. The summed E-state index contributed by atoms with van der Waals surface area (Å²) in [7, 11) is -2.17. The van der Waals surface area contributed by atoms with E-state index in [9.17, 15) is 13.2 Å². The summed E-state index contributed by atoms with van der Waals surface area (Å²) in [5.41, 5.74) is 2.86. The van der Waals surface area contributed by atoms with Crippen LogP contribution < -0.4 is 14.4 Å². The third kappa shape index (κ3) is 7.06. The maximum atomic E-state index is 13.6. The molecule has 4 aromatic rings. The fraction of sp³-hybridized carbons (Fsp3) is 0.219. The van der Waals surface area contributed by atoms with Crippen molar-refractivity contribution < 1.29 is 17.9 Å². The highest BCUT2D eigenvalue weighted by atomic mass is 32.2. The lowest BCUT2D eigenvalue weighted by Crippen LogP contribution is -2.31. The zero-order valence-electron chi connectivity index (χ0n) is 22.4. The Labute approximate surface area is 231 Å². The van der Waals surface area contributed by atoms with E-state index in [1.807, 2.05) is 42.5 Å². The van der Waals surface area contributed by atoms with E-state index in [1.54, 1.807) is 73.8 Å². The number of anilines is 1. The number of ether oxygens (including phenoxy) is 1. The first kappa shape index (κ1) is 27.9. The Balaban J connectivity index is 1.54. The molecule has 7 heteroatoms. The number of amides is 1. The van der Waals surface area contributed by atoms with E-state index < -0.39 is 10.0 Å². The lowest BCUT2D eigenvalue weighted by Gasteiger charge is -2.25. The van der Waals surface area contributed by atoms with Crippen LogP contribution in [0.3, 0.4) is 0 Å². The molecule has 0 bridgehead atoms. The van der Waals surface area contributed by atoms with Crippen molar-refractivity contribution in [3.63, 3.8) is 0 Å². The van der Waals surface area contributed by atoms with Crippen LogP contribution in [0.5, 0.6) is 5.75 Å². The summed E-state index contributed by atoms with van der Waals surface area (Å²) in [6.07, 6.45) is 0.791. The molecule has 0 aliphatic heterocycles. The van der Waals surface area contributed by atoms with Crippen LogP contribution in [0, 0.1) is 5.92 Å². The van der Waals surface area contributed by atoms with Crippen LogP contribution in [-0.2, 0) is 16.6 Å². The van der Waals surface area contributed by atoms with Gasteiger partial charge in [-0.1, -0.05) is 74.5 Å². The van der Waals surface area contributed by atoms with E-state index in [-0.39, 0.29) is 23.4 Å². The van der Waals surface area contributed by atoms with Crippen molar-refractivity contribution in [2.75, 3.05) is 11.4 Å². The van der Waals surface area contributed by atoms with E-state index in [2.05, 4.69) is 19.2 Å². The van der Waals surface area contributed by atoms with Gasteiger partial charge in [0.15, 0.2) is 0 Å². The molecule has 0 spiro atoms. The van der Waals surface area contributed by atoms with Crippen LogP contribution in [0.25, 0.3) is 0 Å². The molecule has 1 N–H and O–H groups in total. The van der Waals surface area contributed by atoms with Crippen LogP contribution in [-0.4, -0.2) is 21.4 Å². The minimum Gasteiger partial charge on any atom is -0.497 e. The van der Waals surface area contributed by atoms with E-state index in [4.69, 9.17) is 4.74 Å². The number of methoxy groups -OCH3 is 1. The molecule has 0 aliphatic carbocycles. The van der Waals surface area contributed by atoms with Gasteiger partial charge in [0, 0.05) is 5.56 Å². The van der Waals surface area contributed by atoms with Crippen LogP contribution in [0.4, 0.5) is 5.69 Å². The van der Waals surface area contributed by atoms with Crippen molar-refractivity contribution in [3.8, 4) is 5.75 Å². The highest BCUT2D eigenvalue weighted by molar-refractivity contribution is 7.92. The van der Waals surface area contributed by atoms with Gasteiger partial charge in [0.05, 0.1) is 30.3 Å². The molecule has 0 aliphatic rings. The summed E-state index contributed by atoms with van der Waals surface area (Å²) >= 11 is 0. The molecule has 0 saturated heterocycles. The predicted octanol–water partition coefficient (Wildman–Crippen LogP) is 6.61. The maximum Gasteiger partial charge on any atom is 0.264 e. The number of hydrogen-bond donors (Lipinski definition) is 1. The molecule has 0 radical (unpaired) electrons. The Morgan fingerprint density at radius 1 is 0.821 bits per heavy atom. The SMILES string of the molecule is COc1ccc([C@@H](CC(C)C)NC(=O)c2ccc(CN(c3ccccc3)S(=O)(=O)c3ccccc3)cc2)cc1. The molecule has 39 heavy (non-hydrogen) atoms. The van der Waals surface area contributed by atoms with Gasteiger partial charge < -0.3 is 10.1 Å². The second-order valence-electron chi connectivity index (χ2n) is 9.79. The lowest BCUT2D eigenvalue weighted by atomic mass is 9.96. The number of nitrogens with one attached hydrogen (secondary N) is 1. The van der Waals surface area contributed by atoms with Crippen molar-refractivity contribution >= 4 is 21.6 Å². The van der Waals surface area contributed by atoms with Gasteiger partial charge in [0.1, 0.15) is 5.75 Å². The van der Waals surface area contributed by atoms with Crippen molar-refractivity contribution in [2.24, 2.45) is 5.92 Å². The molecule has 0 saturated carbocycles. The molecule has 1 amide bonds. The van der Waals surface area contributed by atoms with Crippen molar-refractivity contribution in [2.45, 2.75) is 37.8 Å². The largest absolute Gasteiger partial charge is 0.497 e. The minimum atomic E-state index is -3.80. The quantitative estimate of drug-likeness (QED) is 0.231. The predicted molar refractivity (Wildman–Crippen MR) is 155 cm³/mol. The Morgan fingerprint density at radius 2 is 1.41 bits per heavy atom. The Kier molecular flexibility index (Phi) is 9.04. The lowest BCUT2D eigenvalue weighted by molar-refractivity contribution is 0.0932. The smallest absolute Gasteiger partial charge is 0.264 e. The average Bonchev–Trinajstić information content (AvgIpc) is 2.96. The molecular formula is C32H34N2O4S. The van der Waals surface area contributed by atoms with Crippen molar-refractivity contribution in [3.05, 3.63) is 126 Å². The molecule has 6 nitrogen and oxygen atoms in total. The molecular weight excluding hydrogens is 508 g/mol. The third-order valence-electron chi connectivity index (χ3n) is 6.45. The number of carbonyl (C=O) groups is 1. The number of benzene rings is 4. The third-order valence-corrected chi connectivity index (χ3v) is 8.24. The molecule has 4 rings (SSSR count). The Bertz CT molecular complexity index is 1450. The minimum absolute atomic E-state index is 0.130. The molecule has 0 aromatic heterocycles. The standard InChI is InChI=1S/C32H34N2O4S/c1-24(2)22-31(26-18-20-29(38-3)21-19-26)33-32(35)27-16-14-25(15-17-27)23-34(28-10-6-4-7-11-28)39(36,37)30-12-8-5-9-13-30/h4-21,24,31H,22-23H2,1-3H3,(H,33,35)/t31-/m1/s1. The van der Waals surface area contributed by atoms with E-state index in [0.29, 0.717) is 17.2 Å². The summed E-state index contributed by atoms with van der Waals surface area (Å²) < 4.78 is 33.8. The van der Waals surface area contributed by atoms with E-state index >= 15 is 0 Å². The summed E-state index contributed by atoms with van der Waals surface area (Å²) in [4.78, 5) is 13.4. The molecule has 0 fully saturated rings. The second-order valence-corrected chi connectivity index (χ2v) is 11.6. The maximum absolute atomic E-state index is 13.6.